The van der Waals surface area contributed by atoms with E-state index in [1.165, 1.54) is 4.57 Å². The molecule has 4 aromatic rings. The molecular weight excluding hydrogens is 382 g/mol. The Morgan fingerprint density at radius 2 is 1.80 bits per heavy atom. The average molecular weight is 401 g/mol. The van der Waals surface area contributed by atoms with Crippen molar-refractivity contribution >= 4 is 22.8 Å². The first-order valence-electron chi connectivity index (χ1n) is 9.41. The minimum Gasteiger partial charge on any atom is -0.438 e. The van der Waals surface area contributed by atoms with Crippen LogP contribution in [0.1, 0.15) is 17.3 Å². The number of rotatable bonds is 6. The zero-order valence-corrected chi connectivity index (χ0v) is 16.2. The second-order valence-corrected chi connectivity index (χ2v) is 6.35. The van der Waals surface area contributed by atoms with Gasteiger partial charge in [-0.3, -0.25) is 25.0 Å². The van der Waals surface area contributed by atoms with E-state index in [-0.39, 0.29) is 23.0 Å². The largest absolute Gasteiger partial charge is 0.438 e. The van der Waals surface area contributed by atoms with Crippen LogP contribution in [0.15, 0.2) is 77.7 Å². The lowest BCUT2D eigenvalue weighted by Crippen LogP contribution is -2.34. The van der Waals surface area contributed by atoms with Gasteiger partial charge >= 0.3 is 0 Å². The molecule has 8 heteroatoms. The van der Waals surface area contributed by atoms with Crippen LogP contribution in [-0.2, 0) is 6.54 Å². The molecule has 8 nitrogen and oxygen atoms in total. The van der Waals surface area contributed by atoms with Gasteiger partial charge in [0.2, 0.25) is 11.8 Å². The number of ether oxygens (including phenoxy) is 1. The van der Waals surface area contributed by atoms with Gasteiger partial charge in [-0.15, -0.1) is 0 Å². The number of benzene rings is 2. The van der Waals surface area contributed by atoms with Crippen LogP contribution in [0.25, 0.3) is 10.9 Å². The molecule has 2 heterocycles. The monoisotopic (exact) mass is 401 g/mol. The molecule has 150 valence electrons. The number of carbonyl (C=O) groups is 1. The van der Waals surface area contributed by atoms with Gasteiger partial charge in [0.15, 0.2) is 0 Å². The van der Waals surface area contributed by atoms with Gasteiger partial charge in [0.25, 0.3) is 11.5 Å². The van der Waals surface area contributed by atoms with Crippen molar-refractivity contribution in [1.82, 2.24) is 20.0 Å². The summed E-state index contributed by atoms with van der Waals surface area (Å²) in [6.07, 6.45) is 1.54. The highest BCUT2D eigenvalue weighted by Gasteiger charge is 2.16. The van der Waals surface area contributed by atoms with Crippen molar-refractivity contribution in [1.29, 1.82) is 0 Å². The number of nitrogens with zero attached hydrogens (tertiary/aromatic N) is 3. The van der Waals surface area contributed by atoms with E-state index in [2.05, 4.69) is 20.8 Å². The fourth-order valence-electron chi connectivity index (χ4n) is 2.98. The van der Waals surface area contributed by atoms with E-state index in [1.54, 1.807) is 54.7 Å². The maximum Gasteiger partial charge on any atom is 0.275 e. The first kappa shape index (κ1) is 19.1. The van der Waals surface area contributed by atoms with Gasteiger partial charge < -0.3 is 4.74 Å². The first-order chi connectivity index (χ1) is 14.7. The van der Waals surface area contributed by atoms with Crippen LogP contribution in [0, 0.1) is 0 Å². The van der Waals surface area contributed by atoms with Gasteiger partial charge in [-0.05, 0) is 43.3 Å². The van der Waals surface area contributed by atoms with Crippen LogP contribution in [0.5, 0.6) is 11.6 Å². The van der Waals surface area contributed by atoms with Crippen molar-refractivity contribution in [2.45, 2.75) is 13.5 Å². The number of fused-ring (bicyclic) bond motifs is 1. The summed E-state index contributed by atoms with van der Waals surface area (Å²) in [5.41, 5.74) is 5.92. The van der Waals surface area contributed by atoms with Crippen molar-refractivity contribution < 1.29 is 9.53 Å². The Balaban J connectivity index is 1.58. The number of carbonyl (C=O) groups excluding carboxylic acids is 1. The molecule has 2 aromatic carbocycles. The highest BCUT2D eigenvalue weighted by Crippen LogP contribution is 2.22. The highest BCUT2D eigenvalue weighted by atomic mass is 16.5. The summed E-state index contributed by atoms with van der Waals surface area (Å²) in [6.45, 7) is 2.22. The summed E-state index contributed by atoms with van der Waals surface area (Å²) in [4.78, 5) is 34.1. The number of hydrazine groups is 1. The van der Waals surface area contributed by atoms with Crippen molar-refractivity contribution in [3.8, 4) is 11.6 Å². The fraction of sp³-hybridized carbons (Fsp3) is 0.0909. The third kappa shape index (κ3) is 3.83. The second-order valence-electron chi connectivity index (χ2n) is 6.35. The van der Waals surface area contributed by atoms with Gasteiger partial charge in [0.1, 0.15) is 11.3 Å². The molecule has 0 unspecified atom stereocenters. The molecule has 0 aliphatic heterocycles. The Morgan fingerprint density at radius 3 is 2.60 bits per heavy atom. The van der Waals surface area contributed by atoms with Crippen molar-refractivity contribution in [3.05, 3.63) is 88.8 Å². The zero-order chi connectivity index (χ0) is 20.9. The topological polar surface area (TPSA) is 98.1 Å². The van der Waals surface area contributed by atoms with E-state index in [9.17, 15) is 9.59 Å². The number of pyridine rings is 1. The number of aromatic nitrogens is 3. The number of anilines is 1. The van der Waals surface area contributed by atoms with Gasteiger partial charge in [-0.2, -0.15) is 0 Å². The highest BCUT2D eigenvalue weighted by molar-refractivity contribution is 5.97. The van der Waals surface area contributed by atoms with Gasteiger partial charge in [0.05, 0.1) is 10.9 Å². The van der Waals surface area contributed by atoms with E-state index in [0.717, 1.165) is 0 Å². The number of amides is 1. The molecule has 0 radical (unpaired) electrons. The van der Waals surface area contributed by atoms with Crippen LogP contribution < -0.4 is 21.1 Å². The van der Waals surface area contributed by atoms with E-state index in [1.807, 2.05) is 25.1 Å². The van der Waals surface area contributed by atoms with Crippen LogP contribution in [0.3, 0.4) is 0 Å². The summed E-state index contributed by atoms with van der Waals surface area (Å²) < 4.78 is 7.19. The molecule has 0 atom stereocenters. The van der Waals surface area contributed by atoms with Crippen LogP contribution in [-0.4, -0.2) is 20.4 Å². The summed E-state index contributed by atoms with van der Waals surface area (Å²) in [7, 11) is 0. The summed E-state index contributed by atoms with van der Waals surface area (Å²) in [5, 5.41) is 0.516. The number of hydrogen-bond donors (Lipinski definition) is 2. The SMILES string of the molecule is CCn1c(NNC(=O)c2cccnc2Oc2ccccc2)nc2ccccc2c1=O. The average Bonchev–Trinajstić information content (AvgIpc) is 2.79. The number of hydrogen-bond acceptors (Lipinski definition) is 6. The van der Waals surface area contributed by atoms with Crippen molar-refractivity contribution in [2.75, 3.05) is 5.43 Å². The maximum atomic E-state index is 12.8. The van der Waals surface area contributed by atoms with Gasteiger partial charge in [-0.25, -0.2) is 9.97 Å². The Labute approximate surface area is 172 Å². The second kappa shape index (κ2) is 8.44. The molecule has 0 aliphatic carbocycles. The third-order valence-corrected chi connectivity index (χ3v) is 4.44. The Kier molecular flexibility index (Phi) is 5.38. The molecule has 0 bridgehead atoms. The van der Waals surface area contributed by atoms with E-state index in [0.29, 0.717) is 23.2 Å². The summed E-state index contributed by atoms with van der Waals surface area (Å²) >= 11 is 0. The lowest BCUT2D eigenvalue weighted by molar-refractivity contribution is 0.0959. The van der Waals surface area contributed by atoms with Gasteiger partial charge in [-0.1, -0.05) is 30.3 Å². The molecule has 1 amide bonds. The van der Waals surface area contributed by atoms with E-state index < -0.39 is 5.91 Å². The molecular formula is C22H19N5O3. The number of para-hydroxylation sites is 2. The minimum absolute atomic E-state index is 0.169. The maximum absolute atomic E-state index is 12.8. The predicted molar refractivity (Wildman–Crippen MR) is 114 cm³/mol. The third-order valence-electron chi connectivity index (χ3n) is 4.44. The molecule has 4 rings (SSSR count). The molecule has 2 N–H and O–H groups in total. The normalized spacial score (nSPS) is 10.6. The molecule has 0 fully saturated rings. The predicted octanol–water partition coefficient (Wildman–Crippen LogP) is 3.36. The number of nitrogens with one attached hydrogen (secondary N) is 2. The molecule has 2 aromatic heterocycles. The molecule has 0 saturated heterocycles. The van der Waals surface area contributed by atoms with Crippen molar-refractivity contribution in [3.63, 3.8) is 0 Å². The fourth-order valence-corrected chi connectivity index (χ4v) is 2.98. The molecule has 0 aliphatic rings. The Hall–Kier alpha value is -4.20. The van der Waals surface area contributed by atoms with Gasteiger partial charge in [0, 0.05) is 12.7 Å². The Bertz CT molecular complexity index is 1250. The smallest absolute Gasteiger partial charge is 0.275 e. The molecule has 30 heavy (non-hydrogen) atoms. The van der Waals surface area contributed by atoms with E-state index >= 15 is 0 Å². The summed E-state index contributed by atoms with van der Waals surface area (Å²) in [6, 6.07) is 19.4. The molecule has 0 spiro atoms. The summed E-state index contributed by atoms with van der Waals surface area (Å²) in [5.74, 6) is 0.500. The molecule has 0 saturated carbocycles. The first-order valence-corrected chi connectivity index (χ1v) is 9.41. The zero-order valence-electron chi connectivity index (χ0n) is 16.2. The lowest BCUT2D eigenvalue weighted by atomic mass is 10.2. The van der Waals surface area contributed by atoms with E-state index in [4.69, 9.17) is 4.74 Å². The standard InChI is InChI=1S/C22H19N5O3/c1-2-27-21(29)16-11-6-7-13-18(16)24-22(27)26-25-19(28)17-12-8-14-23-20(17)30-15-9-4-3-5-10-15/h3-14H,2H2,1H3,(H,24,26)(H,25,28). The minimum atomic E-state index is -0.473. The van der Waals surface area contributed by atoms with Crippen LogP contribution in [0.2, 0.25) is 0 Å². The van der Waals surface area contributed by atoms with Crippen molar-refractivity contribution in [2.24, 2.45) is 0 Å². The lowest BCUT2D eigenvalue weighted by Gasteiger charge is -2.15. The van der Waals surface area contributed by atoms with Crippen LogP contribution in [0.4, 0.5) is 5.95 Å². The quantitative estimate of drug-likeness (QED) is 0.481. The van der Waals surface area contributed by atoms with Crippen LogP contribution >= 0.6 is 0 Å². The Morgan fingerprint density at radius 1 is 1.03 bits per heavy atom.